The van der Waals surface area contributed by atoms with Crippen molar-refractivity contribution in [2.75, 3.05) is 19.8 Å². The van der Waals surface area contributed by atoms with E-state index in [-0.39, 0.29) is 25.2 Å². The highest BCUT2D eigenvalue weighted by atomic mass is 16.6. The summed E-state index contributed by atoms with van der Waals surface area (Å²) in [5.74, 6) is -0.407. The van der Waals surface area contributed by atoms with Gasteiger partial charge in [-0.05, 0) is 116 Å². The van der Waals surface area contributed by atoms with Gasteiger partial charge >= 0.3 is 11.9 Å². The molecule has 0 N–H and O–H groups in total. The molecule has 0 aliphatic rings. The average molecular weight is 978 g/mol. The fraction of sp³-hybridized carbons (Fsp3) is 0.785. The largest absolute Gasteiger partial charge is 0.462 e. The van der Waals surface area contributed by atoms with Gasteiger partial charge in [0.1, 0.15) is 6.61 Å². The Labute approximate surface area is 436 Å². The summed E-state index contributed by atoms with van der Waals surface area (Å²) in [7, 11) is 0. The van der Waals surface area contributed by atoms with Gasteiger partial charge in [0.05, 0.1) is 6.61 Å². The summed E-state index contributed by atoms with van der Waals surface area (Å²) < 4.78 is 17.5. The molecule has 0 saturated carbocycles. The van der Waals surface area contributed by atoms with Crippen LogP contribution in [0.5, 0.6) is 0 Å². The molecular formula is C65H116O5. The summed E-state index contributed by atoms with van der Waals surface area (Å²) in [6.07, 6.45) is 79.2. The van der Waals surface area contributed by atoms with Crippen molar-refractivity contribution in [3.63, 3.8) is 0 Å². The highest BCUT2D eigenvalue weighted by Gasteiger charge is 2.17. The summed E-state index contributed by atoms with van der Waals surface area (Å²) in [5, 5.41) is 0. The molecule has 5 heteroatoms. The van der Waals surface area contributed by atoms with Crippen LogP contribution in [0.4, 0.5) is 0 Å². The number of hydrogen-bond donors (Lipinski definition) is 0. The van der Waals surface area contributed by atoms with Crippen LogP contribution >= 0.6 is 0 Å². The number of carbonyl (C=O) groups is 2. The van der Waals surface area contributed by atoms with E-state index < -0.39 is 6.10 Å². The van der Waals surface area contributed by atoms with Gasteiger partial charge in [-0.2, -0.15) is 0 Å². The maximum atomic E-state index is 12.9. The van der Waals surface area contributed by atoms with Crippen molar-refractivity contribution in [3.8, 4) is 0 Å². The SMILES string of the molecule is CCCCC/C=C\C/C=C\CCCCCCCCCCCCOCC(COC(=O)CCCCCCCCC/C=C\C/C=C\CCCCC)OC(=O)CCCCCCCCC/C=C\C/C=C\CCCCC. The van der Waals surface area contributed by atoms with E-state index in [9.17, 15) is 9.59 Å². The standard InChI is InChI=1S/C65H116O5/c1-4-7-10-13-16-19-22-25-28-31-32-33-36-39-42-45-48-51-54-57-60-68-61-63(70-65(67)59-56-53-50-47-44-41-38-35-30-27-24-21-18-15-12-9-6-3)62-69-64(66)58-55-52-49-46-43-40-37-34-29-26-23-20-17-14-11-8-5-2/h16-21,25-30,63H,4-15,22-24,31-62H2,1-3H3/b19-16-,20-17-,21-18-,28-25-,29-26-,30-27-. The van der Waals surface area contributed by atoms with Gasteiger partial charge < -0.3 is 14.2 Å². The molecule has 0 spiro atoms. The molecule has 1 atom stereocenters. The third-order valence-electron chi connectivity index (χ3n) is 13.2. The smallest absolute Gasteiger partial charge is 0.306 e. The van der Waals surface area contributed by atoms with Crippen molar-refractivity contribution in [1.82, 2.24) is 0 Å². The maximum absolute atomic E-state index is 12.9. The third kappa shape index (κ3) is 57.9. The molecule has 0 aromatic carbocycles. The van der Waals surface area contributed by atoms with Crippen LogP contribution in [-0.2, 0) is 23.8 Å². The molecule has 0 aliphatic carbocycles. The van der Waals surface area contributed by atoms with E-state index in [4.69, 9.17) is 14.2 Å². The molecule has 70 heavy (non-hydrogen) atoms. The zero-order chi connectivity index (χ0) is 50.6. The van der Waals surface area contributed by atoms with E-state index in [1.165, 1.54) is 199 Å². The lowest BCUT2D eigenvalue weighted by atomic mass is 10.1. The second-order valence-electron chi connectivity index (χ2n) is 20.2. The van der Waals surface area contributed by atoms with E-state index in [0.717, 1.165) is 70.6 Å². The predicted molar refractivity (Wildman–Crippen MR) is 307 cm³/mol. The van der Waals surface area contributed by atoms with Gasteiger partial charge in [-0.3, -0.25) is 9.59 Å². The second kappa shape index (κ2) is 60.6. The minimum absolute atomic E-state index is 0.0761. The number of hydrogen-bond acceptors (Lipinski definition) is 5. The van der Waals surface area contributed by atoms with Crippen LogP contribution in [0.3, 0.4) is 0 Å². The van der Waals surface area contributed by atoms with Crippen molar-refractivity contribution in [2.45, 2.75) is 309 Å². The first-order valence-electron chi connectivity index (χ1n) is 30.5. The van der Waals surface area contributed by atoms with Crippen molar-refractivity contribution < 1.29 is 23.8 Å². The fourth-order valence-electron chi connectivity index (χ4n) is 8.60. The number of esters is 2. The second-order valence-corrected chi connectivity index (χ2v) is 20.2. The lowest BCUT2D eigenvalue weighted by Gasteiger charge is -2.18. The Kier molecular flexibility index (Phi) is 58.3. The predicted octanol–water partition coefficient (Wildman–Crippen LogP) is 21.0. The monoisotopic (exact) mass is 977 g/mol. The molecule has 0 bridgehead atoms. The Morgan fingerprint density at radius 1 is 0.314 bits per heavy atom. The molecule has 0 aliphatic heterocycles. The van der Waals surface area contributed by atoms with Gasteiger partial charge in [-0.25, -0.2) is 0 Å². The molecule has 0 heterocycles. The van der Waals surface area contributed by atoms with Crippen LogP contribution in [0.1, 0.15) is 303 Å². The molecule has 0 aromatic rings. The van der Waals surface area contributed by atoms with E-state index in [0.29, 0.717) is 19.4 Å². The summed E-state index contributed by atoms with van der Waals surface area (Å²) >= 11 is 0. The zero-order valence-corrected chi connectivity index (χ0v) is 46.8. The van der Waals surface area contributed by atoms with Crippen molar-refractivity contribution in [2.24, 2.45) is 0 Å². The normalized spacial score (nSPS) is 12.7. The Bertz CT molecular complexity index is 1240. The van der Waals surface area contributed by atoms with Gasteiger partial charge in [-0.1, -0.05) is 248 Å². The van der Waals surface area contributed by atoms with Crippen LogP contribution in [0.25, 0.3) is 0 Å². The molecular weight excluding hydrogens is 861 g/mol. The average Bonchev–Trinajstić information content (AvgIpc) is 3.36. The molecule has 0 saturated heterocycles. The first kappa shape index (κ1) is 67.3. The number of ether oxygens (including phenoxy) is 3. The summed E-state index contributed by atoms with van der Waals surface area (Å²) in [5.41, 5.74) is 0. The first-order valence-corrected chi connectivity index (χ1v) is 30.5. The van der Waals surface area contributed by atoms with Gasteiger partial charge in [-0.15, -0.1) is 0 Å². The zero-order valence-electron chi connectivity index (χ0n) is 46.8. The highest BCUT2D eigenvalue weighted by Crippen LogP contribution is 2.15. The number of carbonyl (C=O) groups excluding carboxylic acids is 2. The molecule has 406 valence electrons. The Morgan fingerprint density at radius 2 is 0.600 bits per heavy atom. The summed E-state index contributed by atoms with van der Waals surface area (Å²) in [6.45, 7) is 7.77. The minimum atomic E-state index is -0.549. The number of allylic oxidation sites excluding steroid dienone is 12. The molecule has 1 unspecified atom stereocenters. The maximum Gasteiger partial charge on any atom is 0.306 e. The van der Waals surface area contributed by atoms with E-state index >= 15 is 0 Å². The highest BCUT2D eigenvalue weighted by molar-refractivity contribution is 5.70. The minimum Gasteiger partial charge on any atom is -0.462 e. The molecule has 5 nitrogen and oxygen atoms in total. The van der Waals surface area contributed by atoms with Crippen molar-refractivity contribution in [3.05, 3.63) is 72.9 Å². The number of unbranched alkanes of at least 4 members (excludes halogenated alkanes) is 33. The topological polar surface area (TPSA) is 61.8 Å². The van der Waals surface area contributed by atoms with Crippen LogP contribution in [0, 0.1) is 0 Å². The van der Waals surface area contributed by atoms with Gasteiger partial charge in [0.25, 0.3) is 0 Å². The van der Waals surface area contributed by atoms with Gasteiger partial charge in [0.2, 0.25) is 0 Å². The van der Waals surface area contributed by atoms with Crippen molar-refractivity contribution in [1.29, 1.82) is 0 Å². The molecule has 0 aromatic heterocycles. The van der Waals surface area contributed by atoms with E-state index in [1.54, 1.807) is 0 Å². The Balaban J connectivity index is 4.29. The first-order chi connectivity index (χ1) is 34.6. The number of rotatable bonds is 56. The Hall–Kier alpha value is -2.66. The van der Waals surface area contributed by atoms with Crippen LogP contribution in [0.2, 0.25) is 0 Å². The lowest BCUT2D eigenvalue weighted by Crippen LogP contribution is -2.30. The molecule has 0 radical (unpaired) electrons. The van der Waals surface area contributed by atoms with Crippen LogP contribution in [0.15, 0.2) is 72.9 Å². The quantitative estimate of drug-likeness (QED) is 0.0345. The summed E-state index contributed by atoms with van der Waals surface area (Å²) in [4.78, 5) is 25.6. The third-order valence-corrected chi connectivity index (χ3v) is 13.2. The van der Waals surface area contributed by atoms with Crippen LogP contribution in [-0.4, -0.2) is 37.9 Å². The van der Waals surface area contributed by atoms with Gasteiger partial charge in [0.15, 0.2) is 6.10 Å². The molecule has 0 fully saturated rings. The van der Waals surface area contributed by atoms with E-state index in [1.807, 2.05) is 0 Å². The molecule has 0 rings (SSSR count). The summed E-state index contributed by atoms with van der Waals surface area (Å²) in [6, 6.07) is 0. The molecule has 0 amide bonds. The fourth-order valence-corrected chi connectivity index (χ4v) is 8.60. The van der Waals surface area contributed by atoms with Gasteiger partial charge in [0, 0.05) is 19.4 Å². The van der Waals surface area contributed by atoms with Crippen LogP contribution < -0.4 is 0 Å². The lowest BCUT2D eigenvalue weighted by molar-refractivity contribution is -0.163. The Morgan fingerprint density at radius 3 is 0.943 bits per heavy atom. The van der Waals surface area contributed by atoms with E-state index in [2.05, 4.69) is 93.7 Å². The van der Waals surface area contributed by atoms with Crippen molar-refractivity contribution >= 4 is 11.9 Å².